The van der Waals surface area contributed by atoms with E-state index in [0.717, 1.165) is 15.9 Å². The average molecular weight is 433 g/mol. The molecule has 0 aliphatic carbocycles. The third-order valence-corrected chi connectivity index (χ3v) is 5.65. The minimum absolute atomic E-state index is 0.0518. The van der Waals surface area contributed by atoms with E-state index in [4.69, 9.17) is 4.74 Å². The van der Waals surface area contributed by atoms with Gasteiger partial charge in [0.15, 0.2) is 5.82 Å². The van der Waals surface area contributed by atoms with Crippen molar-refractivity contribution in [3.63, 3.8) is 0 Å². The number of halogens is 1. The molecule has 0 unspecified atom stereocenters. The van der Waals surface area contributed by atoms with Gasteiger partial charge in [0.05, 0.1) is 12.6 Å². The van der Waals surface area contributed by atoms with Gasteiger partial charge in [0.2, 0.25) is 0 Å². The van der Waals surface area contributed by atoms with E-state index in [9.17, 15) is 14.0 Å². The van der Waals surface area contributed by atoms with Gasteiger partial charge in [-0.25, -0.2) is 4.39 Å². The molecular weight excluding hydrogens is 413 g/mol. The molecule has 1 aliphatic rings. The lowest BCUT2D eigenvalue weighted by atomic mass is 10.1. The standard InChI is InChI=1S/C23H20FN5O3/c1-32-19-4-2-3-17(24)23(19)29-20(31)13-18-22(27-29)21(26-25-18)14-5-7-15(8-6-14)28-11-9-16(30)10-12-28/h2-8,13,25H,9-12H2,1H3. The highest BCUT2D eigenvalue weighted by atomic mass is 19.1. The monoisotopic (exact) mass is 433 g/mol. The number of piperidine rings is 1. The van der Waals surface area contributed by atoms with Crippen LogP contribution in [-0.2, 0) is 4.79 Å². The summed E-state index contributed by atoms with van der Waals surface area (Å²) in [5.41, 5.74) is 2.70. The number of hydrogen-bond acceptors (Lipinski definition) is 6. The number of carbonyl (C=O) groups excluding carboxylic acids is 1. The SMILES string of the molecule is COc1cccc(F)c1-n1nc2c(-c3ccc(N4CCC(=O)CC4)cc3)n[nH]c2cc1=O. The Bertz CT molecular complexity index is 1370. The lowest BCUT2D eigenvalue weighted by Crippen LogP contribution is -2.33. The number of aromatic amines is 1. The Balaban J connectivity index is 1.56. The number of methoxy groups -OCH3 is 1. The van der Waals surface area contributed by atoms with Crippen LogP contribution in [0.3, 0.4) is 0 Å². The molecule has 1 saturated heterocycles. The first-order chi connectivity index (χ1) is 15.5. The van der Waals surface area contributed by atoms with Crippen molar-refractivity contribution in [2.75, 3.05) is 25.1 Å². The molecule has 1 fully saturated rings. The smallest absolute Gasteiger partial charge is 0.273 e. The molecule has 1 N–H and O–H groups in total. The molecule has 2 aromatic carbocycles. The average Bonchev–Trinajstić information content (AvgIpc) is 3.21. The highest BCUT2D eigenvalue weighted by Gasteiger charge is 2.19. The molecule has 3 heterocycles. The van der Waals surface area contributed by atoms with Gasteiger partial charge in [-0.05, 0) is 24.3 Å². The van der Waals surface area contributed by atoms with Crippen LogP contribution in [0.5, 0.6) is 5.75 Å². The number of ketones is 1. The summed E-state index contributed by atoms with van der Waals surface area (Å²) < 4.78 is 20.8. The lowest BCUT2D eigenvalue weighted by molar-refractivity contribution is -0.119. The fourth-order valence-electron chi connectivity index (χ4n) is 3.96. The van der Waals surface area contributed by atoms with Gasteiger partial charge in [-0.3, -0.25) is 14.7 Å². The van der Waals surface area contributed by atoms with Crippen LogP contribution >= 0.6 is 0 Å². The molecule has 0 bridgehead atoms. The second-order valence-electron chi connectivity index (χ2n) is 7.59. The van der Waals surface area contributed by atoms with E-state index in [1.807, 2.05) is 24.3 Å². The van der Waals surface area contributed by atoms with Gasteiger partial charge in [-0.2, -0.15) is 14.9 Å². The Morgan fingerprint density at radius 3 is 2.53 bits per heavy atom. The minimum atomic E-state index is -0.618. The number of nitrogens with zero attached hydrogens (tertiary/aromatic N) is 4. The largest absolute Gasteiger partial charge is 0.494 e. The molecule has 32 heavy (non-hydrogen) atoms. The second kappa shape index (κ2) is 7.92. The summed E-state index contributed by atoms with van der Waals surface area (Å²) in [6, 6.07) is 13.4. The van der Waals surface area contributed by atoms with Crippen molar-refractivity contribution in [2.45, 2.75) is 12.8 Å². The fraction of sp³-hybridized carbons (Fsp3) is 0.217. The van der Waals surface area contributed by atoms with Gasteiger partial charge in [0.1, 0.15) is 28.4 Å². The number of benzene rings is 2. The van der Waals surface area contributed by atoms with Crippen LogP contribution in [0.4, 0.5) is 10.1 Å². The Kier molecular flexibility index (Phi) is 4.93. The van der Waals surface area contributed by atoms with Crippen molar-refractivity contribution in [3.8, 4) is 22.7 Å². The number of anilines is 1. The topological polar surface area (TPSA) is 93.1 Å². The van der Waals surface area contributed by atoms with Crippen molar-refractivity contribution in [1.29, 1.82) is 0 Å². The highest BCUT2D eigenvalue weighted by molar-refractivity contribution is 5.89. The number of fused-ring (bicyclic) bond motifs is 1. The van der Waals surface area contributed by atoms with Crippen molar-refractivity contribution < 1.29 is 13.9 Å². The van der Waals surface area contributed by atoms with Gasteiger partial charge in [-0.1, -0.05) is 18.2 Å². The molecule has 0 atom stereocenters. The Morgan fingerprint density at radius 2 is 1.81 bits per heavy atom. The minimum Gasteiger partial charge on any atom is -0.494 e. The summed E-state index contributed by atoms with van der Waals surface area (Å²) in [4.78, 5) is 26.3. The zero-order valence-corrected chi connectivity index (χ0v) is 17.3. The van der Waals surface area contributed by atoms with E-state index in [1.54, 1.807) is 6.07 Å². The maximum Gasteiger partial charge on any atom is 0.273 e. The van der Waals surface area contributed by atoms with Gasteiger partial charge in [0.25, 0.3) is 5.56 Å². The van der Waals surface area contributed by atoms with Crippen molar-refractivity contribution in [2.24, 2.45) is 0 Å². The van der Waals surface area contributed by atoms with Gasteiger partial charge in [-0.15, -0.1) is 0 Å². The molecule has 1 aliphatic heterocycles. The summed E-state index contributed by atoms with van der Waals surface area (Å²) in [5.74, 6) is -0.120. The van der Waals surface area contributed by atoms with Crippen LogP contribution in [0.2, 0.25) is 0 Å². The second-order valence-corrected chi connectivity index (χ2v) is 7.59. The van der Waals surface area contributed by atoms with Crippen LogP contribution in [0.25, 0.3) is 28.0 Å². The van der Waals surface area contributed by atoms with Crippen LogP contribution in [0.15, 0.2) is 53.3 Å². The highest BCUT2D eigenvalue weighted by Crippen LogP contribution is 2.29. The molecule has 2 aromatic heterocycles. The van der Waals surface area contributed by atoms with Crippen LogP contribution < -0.4 is 15.2 Å². The molecule has 0 radical (unpaired) electrons. The third-order valence-electron chi connectivity index (χ3n) is 5.65. The summed E-state index contributed by atoms with van der Waals surface area (Å²) in [6.07, 6.45) is 1.12. The number of H-pyrrole nitrogens is 1. The van der Waals surface area contributed by atoms with Crippen molar-refractivity contribution in [3.05, 3.63) is 64.7 Å². The molecule has 9 heteroatoms. The van der Waals surface area contributed by atoms with E-state index >= 15 is 0 Å². The molecule has 0 amide bonds. The van der Waals surface area contributed by atoms with Gasteiger partial charge in [0, 0.05) is 43.2 Å². The number of rotatable bonds is 4. The molecule has 4 aromatic rings. The summed E-state index contributed by atoms with van der Waals surface area (Å²) in [6.45, 7) is 1.42. The maximum absolute atomic E-state index is 14.6. The molecule has 0 saturated carbocycles. The maximum atomic E-state index is 14.6. The predicted molar refractivity (Wildman–Crippen MR) is 118 cm³/mol. The number of aromatic nitrogens is 4. The Hall–Kier alpha value is -4.01. The van der Waals surface area contributed by atoms with Gasteiger partial charge >= 0.3 is 0 Å². The Labute approximate surface area is 182 Å². The number of ether oxygens (including phenoxy) is 1. The molecule has 0 spiro atoms. The van der Waals surface area contributed by atoms with E-state index in [2.05, 4.69) is 20.2 Å². The van der Waals surface area contributed by atoms with Crippen LogP contribution in [-0.4, -0.2) is 46.0 Å². The summed E-state index contributed by atoms with van der Waals surface area (Å²) in [5, 5.41) is 11.6. The number of Topliss-reactive ketones (excluding diaryl/α,β-unsaturated/α-hetero) is 1. The summed E-state index contributed by atoms with van der Waals surface area (Å²) in [7, 11) is 1.41. The van der Waals surface area contributed by atoms with E-state index in [1.165, 1.54) is 25.3 Å². The Morgan fingerprint density at radius 1 is 1.06 bits per heavy atom. The lowest BCUT2D eigenvalue weighted by Gasteiger charge is -2.28. The first-order valence-corrected chi connectivity index (χ1v) is 10.2. The van der Waals surface area contributed by atoms with E-state index < -0.39 is 11.4 Å². The zero-order valence-electron chi connectivity index (χ0n) is 17.3. The number of hydrogen-bond donors (Lipinski definition) is 1. The predicted octanol–water partition coefficient (Wildman–Crippen LogP) is 3.09. The van der Waals surface area contributed by atoms with E-state index in [-0.39, 0.29) is 11.4 Å². The van der Waals surface area contributed by atoms with E-state index in [0.29, 0.717) is 48.4 Å². The zero-order chi connectivity index (χ0) is 22.2. The quantitative estimate of drug-likeness (QED) is 0.532. The first-order valence-electron chi connectivity index (χ1n) is 10.2. The van der Waals surface area contributed by atoms with Gasteiger partial charge < -0.3 is 9.64 Å². The number of nitrogens with one attached hydrogen (secondary N) is 1. The molecular formula is C23H20FN5O3. The van der Waals surface area contributed by atoms with Crippen molar-refractivity contribution in [1.82, 2.24) is 20.0 Å². The molecule has 162 valence electrons. The summed E-state index contributed by atoms with van der Waals surface area (Å²) >= 11 is 0. The molecule has 8 nitrogen and oxygen atoms in total. The van der Waals surface area contributed by atoms with Crippen LogP contribution in [0.1, 0.15) is 12.8 Å². The number of carbonyl (C=O) groups is 1. The normalized spacial score (nSPS) is 14.2. The first kappa shape index (κ1) is 19.9. The van der Waals surface area contributed by atoms with Crippen LogP contribution in [0, 0.1) is 5.82 Å². The third kappa shape index (κ3) is 3.41. The molecule has 5 rings (SSSR count). The number of para-hydroxylation sites is 1. The van der Waals surface area contributed by atoms with Crippen molar-refractivity contribution >= 4 is 22.5 Å². The fourth-order valence-corrected chi connectivity index (χ4v) is 3.96.